The molecule has 1 unspecified atom stereocenters. The largest absolute Gasteiger partial charge is 0.396 e. The molecule has 0 bridgehead atoms. The quantitative estimate of drug-likeness (QED) is 0.628. The maximum absolute atomic E-state index is 12.7. The number of benzene rings is 1. The fourth-order valence-corrected chi connectivity index (χ4v) is 1.60. The van der Waals surface area contributed by atoms with Gasteiger partial charge in [-0.2, -0.15) is 0 Å². The number of rotatable bonds is 8. The SMILES string of the molecule is CC(CO)CNC(=O)CCCNC(=O)c1ccc(F)cc1. The summed E-state index contributed by atoms with van der Waals surface area (Å²) >= 11 is 0. The molecule has 0 radical (unpaired) electrons. The molecule has 2 amide bonds. The average Bonchev–Trinajstić information content (AvgIpc) is 2.49. The Morgan fingerprint density at radius 1 is 1.24 bits per heavy atom. The summed E-state index contributed by atoms with van der Waals surface area (Å²) in [5, 5.41) is 14.2. The van der Waals surface area contributed by atoms with Crippen molar-refractivity contribution in [2.75, 3.05) is 19.7 Å². The van der Waals surface area contributed by atoms with Crippen LogP contribution in [0, 0.1) is 11.7 Å². The van der Waals surface area contributed by atoms with Crippen LogP contribution in [-0.2, 0) is 4.79 Å². The summed E-state index contributed by atoms with van der Waals surface area (Å²) < 4.78 is 12.7. The van der Waals surface area contributed by atoms with Crippen LogP contribution in [0.4, 0.5) is 4.39 Å². The van der Waals surface area contributed by atoms with Gasteiger partial charge >= 0.3 is 0 Å². The number of hydrogen-bond donors (Lipinski definition) is 3. The lowest BCUT2D eigenvalue weighted by Crippen LogP contribution is -2.30. The summed E-state index contributed by atoms with van der Waals surface area (Å²) in [7, 11) is 0. The molecule has 3 N–H and O–H groups in total. The zero-order chi connectivity index (χ0) is 15.7. The Balaban J connectivity index is 2.17. The fourth-order valence-electron chi connectivity index (χ4n) is 1.60. The van der Waals surface area contributed by atoms with Crippen LogP contribution < -0.4 is 10.6 Å². The van der Waals surface area contributed by atoms with E-state index in [0.29, 0.717) is 31.5 Å². The standard InChI is InChI=1S/C15H21FN2O3/c1-11(10-19)9-18-14(20)3-2-8-17-15(21)12-4-6-13(16)7-5-12/h4-7,11,19H,2-3,8-10H2,1H3,(H,17,21)(H,18,20). The van der Waals surface area contributed by atoms with Crippen molar-refractivity contribution in [1.29, 1.82) is 0 Å². The van der Waals surface area contributed by atoms with Crippen molar-refractivity contribution in [3.8, 4) is 0 Å². The molecule has 1 aromatic rings. The first kappa shape index (κ1) is 17.1. The van der Waals surface area contributed by atoms with E-state index in [4.69, 9.17) is 5.11 Å². The van der Waals surface area contributed by atoms with Gasteiger partial charge in [-0.15, -0.1) is 0 Å². The van der Waals surface area contributed by atoms with Gasteiger partial charge in [0.2, 0.25) is 5.91 Å². The third-order valence-corrected chi connectivity index (χ3v) is 2.93. The lowest BCUT2D eigenvalue weighted by atomic mass is 10.2. The Morgan fingerprint density at radius 2 is 1.90 bits per heavy atom. The Morgan fingerprint density at radius 3 is 2.52 bits per heavy atom. The van der Waals surface area contributed by atoms with Gasteiger partial charge in [-0.25, -0.2) is 4.39 Å². The molecule has 21 heavy (non-hydrogen) atoms. The number of hydrogen-bond acceptors (Lipinski definition) is 3. The van der Waals surface area contributed by atoms with Crippen molar-refractivity contribution in [2.24, 2.45) is 5.92 Å². The van der Waals surface area contributed by atoms with Crippen LogP contribution in [0.15, 0.2) is 24.3 Å². The summed E-state index contributed by atoms with van der Waals surface area (Å²) in [6, 6.07) is 5.27. The van der Waals surface area contributed by atoms with Gasteiger partial charge in [-0.1, -0.05) is 6.92 Å². The molecule has 5 nitrogen and oxygen atoms in total. The Labute approximate surface area is 123 Å². The number of carbonyl (C=O) groups is 2. The maximum Gasteiger partial charge on any atom is 0.251 e. The van der Waals surface area contributed by atoms with Crippen molar-refractivity contribution < 1.29 is 19.1 Å². The van der Waals surface area contributed by atoms with Crippen LogP contribution in [0.5, 0.6) is 0 Å². The molecule has 6 heteroatoms. The lowest BCUT2D eigenvalue weighted by Gasteiger charge is -2.09. The van der Waals surface area contributed by atoms with Crippen LogP contribution in [0.2, 0.25) is 0 Å². The molecule has 116 valence electrons. The molecule has 0 aliphatic rings. The number of nitrogens with one attached hydrogen (secondary N) is 2. The molecule has 0 saturated carbocycles. The van der Waals surface area contributed by atoms with Crippen molar-refractivity contribution in [3.05, 3.63) is 35.6 Å². The minimum absolute atomic E-state index is 0.0344. The van der Waals surface area contributed by atoms with Gasteiger partial charge in [0, 0.05) is 31.7 Å². The Bertz CT molecular complexity index is 462. The van der Waals surface area contributed by atoms with Crippen LogP contribution in [0.25, 0.3) is 0 Å². The van der Waals surface area contributed by atoms with E-state index in [2.05, 4.69) is 10.6 Å². The number of carbonyl (C=O) groups excluding carboxylic acids is 2. The molecule has 1 atom stereocenters. The third-order valence-electron chi connectivity index (χ3n) is 2.93. The first-order chi connectivity index (χ1) is 10.0. The molecular weight excluding hydrogens is 275 g/mol. The average molecular weight is 296 g/mol. The van der Waals surface area contributed by atoms with Gasteiger partial charge in [0.15, 0.2) is 0 Å². The second kappa shape index (κ2) is 9.07. The zero-order valence-electron chi connectivity index (χ0n) is 12.1. The maximum atomic E-state index is 12.7. The minimum Gasteiger partial charge on any atom is -0.396 e. The molecule has 0 spiro atoms. The van der Waals surface area contributed by atoms with Crippen molar-refractivity contribution in [2.45, 2.75) is 19.8 Å². The molecule has 0 aliphatic heterocycles. The third kappa shape index (κ3) is 6.85. The minimum atomic E-state index is -0.389. The number of halogens is 1. The Kier molecular flexibility index (Phi) is 7.39. The van der Waals surface area contributed by atoms with Crippen LogP contribution in [0.3, 0.4) is 0 Å². The highest BCUT2D eigenvalue weighted by molar-refractivity contribution is 5.94. The highest BCUT2D eigenvalue weighted by atomic mass is 19.1. The first-order valence-corrected chi connectivity index (χ1v) is 6.94. The van der Waals surface area contributed by atoms with Crippen molar-refractivity contribution in [1.82, 2.24) is 10.6 Å². The van der Waals surface area contributed by atoms with E-state index in [1.54, 1.807) is 0 Å². The first-order valence-electron chi connectivity index (χ1n) is 6.94. The van der Waals surface area contributed by atoms with Gasteiger partial charge in [0.25, 0.3) is 5.91 Å². The molecule has 0 fully saturated rings. The summed E-state index contributed by atoms with van der Waals surface area (Å²) in [5.41, 5.74) is 0.387. The summed E-state index contributed by atoms with van der Waals surface area (Å²) in [5.74, 6) is -0.747. The summed E-state index contributed by atoms with van der Waals surface area (Å²) in [4.78, 5) is 23.2. The van der Waals surface area contributed by atoms with E-state index in [-0.39, 0.29) is 30.2 Å². The van der Waals surface area contributed by atoms with Crippen molar-refractivity contribution >= 4 is 11.8 Å². The van der Waals surface area contributed by atoms with E-state index in [1.165, 1.54) is 24.3 Å². The van der Waals surface area contributed by atoms with E-state index in [1.807, 2.05) is 6.92 Å². The fraction of sp³-hybridized carbons (Fsp3) is 0.467. The predicted octanol–water partition coefficient (Wildman–Crippen LogP) is 1.08. The second-order valence-electron chi connectivity index (χ2n) is 4.96. The summed E-state index contributed by atoms with van der Waals surface area (Å²) in [6.45, 7) is 2.69. The molecule has 0 aliphatic carbocycles. The second-order valence-corrected chi connectivity index (χ2v) is 4.96. The number of aliphatic hydroxyl groups is 1. The number of amides is 2. The predicted molar refractivity (Wildman–Crippen MR) is 77.2 cm³/mol. The van der Waals surface area contributed by atoms with Crippen molar-refractivity contribution in [3.63, 3.8) is 0 Å². The van der Waals surface area contributed by atoms with Gasteiger partial charge < -0.3 is 15.7 Å². The van der Waals surface area contributed by atoms with E-state index < -0.39 is 0 Å². The summed E-state index contributed by atoms with van der Waals surface area (Å²) in [6.07, 6.45) is 0.828. The van der Waals surface area contributed by atoms with Crippen LogP contribution in [0.1, 0.15) is 30.1 Å². The zero-order valence-corrected chi connectivity index (χ0v) is 12.1. The van der Waals surface area contributed by atoms with E-state index >= 15 is 0 Å². The lowest BCUT2D eigenvalue weighted by molar-refractivity contribution is -0.121. The van der Waals surface area contributed by atoms with Gasteiger partial charge in [0.1, 0.15) is 5.82 Å². The van der Waals surface area contributed by atoms with E-state index in [9.17, 15) is 14.0 Å². The monoisotopic (exact) mass is 296 g/mol. The van der Waals surface area contributed by atoms with Gasteiger partial charge in [-0.05, 0) is 36.6 Å². The molecular formula is C15H21FN2O3. The van der Waals surface area contributed by atoms with Crippen LogP contribution in [-0.4, -0.2) is 36.6 Å². The Hall–Kier alpha value is -1.95. The highest BCUT2D eigenvalue weighted by Gasteiger charge is 2.07. The molecule has 0 saturated heterocycles. The van der Waals surface area contributed by atoms with E-state index in [0.717, 1.165) is 0 Å². The highest BCUT2D eigenvalue weighted by Crippen LogP contribution is 2.02. The molecule has 0 heterocycles. The molecule has 1 rings (SSSR count). The normalized spacial score (nSPS) is 11.8. The molecule has 0 aromatic heterocycles. The number of aliphatic hydroxyl groups excluding tert-OH is 1. The smallest absolute Gasteiger partial charge is 0.251 e. The topological polar surface area (TPSA) is 78.4 Å². The van der Waals surface area contributed by atoms with Gasteiger partial charge in [-0.3, -0.25) is 9.59 Å². The van der Waals surface area contributed by atoms with Crippen LogP contribution >= 0.6 is 0 Å². The van der Waals surface area contributed by atoms with Gasteiger partial charge in [0.05, 0.1) is 0 Å². The molecule has 1 aromatic carbocycles.